The first-order valence-electron chi connectivity index (χ1n) is 6.66. The van der Waals surface area contributed by atoms with Crippen molar-refractivity contribution in [2.45, 2.75) is 27.7 Å². The van der Waals surface area contributed by atoms with E-state index in [0.717, 1.165) is 0 Å². The lowest BCUT2D eigenvalue weighted by Gasteiger charge is -2.07. The summed E-state index contributed by atoms with van der Waals surface area (Å²) in [6, 6.07) is 2.89. The molecule has 0 aromatic carbocycles. The number of aromatic carboxylic acids is 1. The van der Waals surface area contributed by atoms with E-state index in [1.807, 2.05) is 0 Å². The molecule has 0 unspecified atom stereocenters. The van der Waals surface area contributed by atoms with Gasteiger partial charge < -0.3 is 10.4 Å². The molecule has 0 radical (unpaired) electrons. The van der Waals surface area contributed by atoms with Gasteiger partial charge in [0.15, 0.2) is 0 Å². The zero-order valence-electron chi connectivity index (χ0n) is 12.2. The Hall–Kier alpha value is -1.91. The van der Waals surface area contributed by atoms with Crippen LogP contribution in [0.3, 0.4) is 0 Å². The lowest BCUT2D eigenvalue weighted by molar-refractivity contribution is 0.0690. The molecule has 1 fully saturated rings. The van der Waals surface area contributed by atoms with Crippen molar-refractivity contribution in [2.24, 2.45) is 16.7 Å². The smallest absolute Gasteiger partial charge is 0.338 e. The van der Waals surface area contributed by atoms with Crippen molar-refractivity contribution in [1.82, 2.24) is 10.3 Å². The van der Waals surface area contributed by atoms with E-state index in [2.05, 4.69) is 38.0 Å². The van der Waals surface area contributed by atoms with Gasteiger partial charge in [-0.2, -0.15) is 0 Å². The van der Waals surface area contributed by atoms with Gasteiger partial charge in [0.25, 0.3) is 5.91 Å². The topological polar surface area (TPSA) is 79.3 Å². The number of nitrogens with zero attached hydrogens (tertiary/aromatic N) is 1. The minimum atomic E-state index is -1.14. The number of carbonyl (C=O) groups excluding carboxylic acids is 1. The first-order chi connectivity index (χ1) is 9.19. The van der Waals surface area contributed by atoms with Gasteiger partial charge in [-0.3, -0.25) is 9.78 Å². The van der Waals surface area contributed by atoms with Gasteiger partial charge in [-0.25, -0.2) is 4.79 Å². The summed E-state index contributed by atoms with van der Waals surface area (Å²) >= 11 is 0. The molecule has 0 bridgehead atoms. The number of amides is 1. The van der Waals surface area contributed by atoms with Gasteiger partial charge in [0, 0.05) is 12.7 Å². The highest BCUT2D eigenvalue weighted by Gasteiger charge is 2.64. The van der Waals surface area contributed by atoms with Crippen LogP contribution in [0, 0.1) is 16.7 Å². The summed E-state index contributed by atoms with van der Waals surface area (Å²) in [5, 5.41) is 11.9. The standard InChI is InChI=1S/C15H20N2O3/c1-14(2)10(15(14,3)4)8-17-12(18)11-9(13(19)20)6-5-7-16-11/h5-7,10H,8H2,1-4H3,(H,17,18)(H,19,20). The molecule has 0 aliphatic heterocycles. The van der Waals surface area contributed by atoms with Crippen molar-refractivity contribution < 1.29 is 14.7 Å². The summed E-state index contributed by atoms with van der Waals surface area (Å²) < 4.78 is 0. The maximum Gasteiger partial charge on any atom is 0.338 e. The lowest BCUT2D eigenvalue weighted by atomic mass is 10.0. The van der Waals surface area contributed by atoms with E-state index in [1.165, 1.54) is 18.3 Å². The van der Waals surface area contributed by atoms with Crippen LogP contribution in [-0.2, 0) is 0 Å². The molecule has 108 valence electrons. The largest absolute Gasteiger partial charge is 0.478 e. The average Bonchev–Trinajstić information content (AvgIpc) is 2.76. The molecule has 2 rings (SSSR count). The Morgan fingerprint density at radius 2 is 1.90 bits per heavy atom. The maximum atomic E-state index is 12.1. The van der Waals surface area contributed by atoms with Gasteiger partial charge in [-0.15, -0.1) is 0 Å². The molecule has 1 aromatic rings. The number of aromatic nitrogens is 1. The fraction of sp³-hybridized carbons (Fsp3) is 0.533. The summed E-state index contributed by atoms with van der Waals surface area (Å²) in [5.41, 5.74) is 0.260. The molecule has 1 heterocycles. The van der Waals surface area contributed by atoms with E-state index in [4.69, 9.17) is 5.11 Å². The van der Waals surface area contributed by atoms with Gasteiger partial charge in [-0.05, 0) is 28.9 Å². The number of carboxylic acid groups (broad SMARTS) is 1. The fourth-order valence-corrected chi connectivity index (χ4v) is 2.88. The van der Waals surface area contributed by atoms with E-state index in [-0.39, 0.29) is 22.1 Å². The number of hydrogen-bond acceptors (Lipinski definition) is 3. The normalized spacial score (nSPS) is 19.4. The molecular formula is C15H20N2O3. The molecule has 1 aliphatic carbocycles. The van der Waals surface area contributed by atoms with Crippen LogP contribution in [0.4, 0.5) is 0 Å². The molecule has 5 heteroatoms. The zero-order valence-corrected chi connectivity index (χ0v) is 12.2. The summed E-state index contributed by atoms with van der Waals surface area (Å²) in [4.78, 5) is 27.0. The Bertz CT molecular complexity index is 550. The van der Waals surface area contributed by atoms with Crippen LogP contribution in [-0.4, -0.2) is 28.5 Å². The number of rotatable bonds is 4. The minimum absolute atomic E-state index is 0.0312. The van der Waals surface area contributed by atoms with Gasteiger partial charge >= 0.3 is 5.97 Å². The fourth-order valence-electron chi connectivity index (χ4n) is 2.88. The van der Waals surface area contributed by atoms with E-state index >= 15 is 0 Å². The summed E-state index contributed by atoms with van der Waals surface area (Å²) in [6.07, 6.45) is 1.42. The Morgan fingerprint density at radius 1 is 1.30 bits per heavy atom. The third-order valence-electron chi connectivity index (χ3n) is 5.04. The Morgan fingerprint density at radius 3 is 2.40 bits per heavy atom. The highest BCUT2D eigenvalue weighted by Crippen LogP contribution is 2.67. The summed E-state index contributed by atoms with van der Waals surface area (Å²) in [7, 11) is 0. The van der Waals surface area contributed by atoms with Crippen LogP contribution in [0.2, 0.25) is 0 Å². The second-order valence-corrected chi connectivity index (χ2v) is 6.41. The number of hydrogen-bond donors (Lipinski definition) is 2. The van der Waals surface area contributed by atoms with E-state index in [9.17, 15) is 9.59 Å². The van der Waals surface area contributed by atoms with Crippen molar-refractivity contribution in [1.29, 1.82) is 0 Å². The monoisotopic (exact) mass is 276 g/mol. The van der Waals surface area contributed by atoms with Crippen molar-refractivity contribution >= 4 is 11.9 Å². The third kappa shape index (κ3) is 2.17. The Kier molecular flexibility index (Phi) is 3.32. The van der Waals surface area contributed by atoms with Crippen LogP contribution in [0.25, 0.3) is 0 Å². The molecule has 1 aromatic heterocycles. The van der Waals surface area contributed by atoms with Crippen molar-refractivity contribution in [3.05, 3.63) is 29.6 Å². The SMILES string of the molecule is CC1(C)C(CNC(=O)c2ncccc2C(=O)O)C1(C)C. The first kappa shape index (κ1) is 14.5. The van der Waals surface area contributed by atoms with E-state index < -0.39 is 11.9 Å². The molecule has 1 amide bonds. The molecule has 5 nitrogen and oxygen atoms in total. The molecule has 1 aliphatic rings. The molecule has 0 saturated heterocycles. The number of carbonyl (C=O) groups is 2. The molecular weight excluding hydrogens is 256 g/mol. The molecule has 2 N–H and O–H groups in total. The van der Waals surface area contributed by atoms with Crippen LogP contribution in [0.1, 0.15) is 48.5 Å². The molecule has 0 atom stereocenters. The molecule has 0 spiro atoms. The Labute approximate surface area is 118 Å². The molecule has 20 heavy (non-hydrogen) atoms. The van der Waals surface area contributed by atoms with E-state index in [0.29, 0.717) is 12.5 Å². The summed E-state index contributed by atoms with van der Waals surface area (Å²) in [6.45, 7) is 9.23. The number of carboxylic acids is 1. The maximum absolute atomic E-state index is 12.1. The van der Waals surface area contributed by atoms with Crippen LogP contribution in [0.5, 0.6) is 0 Å². The predicted molar refractivity (Wildman–Crippen MR) is 74.6 cm³/mol. The van der Waals surface area contributed by atoms with Gasteiger partial charge in [0.1, 0.15) is 5.69 Å². The summed E-state index contributed by atoms with van der Waals surface area (Å²) in [5.74, 6) is -1.19. The van der Waals surface area contributed by atoms with Crippen molar-refractivity contribution in [3.8, 4) is 0 Å². The quantitative estimate of drug-likeness (QED) is 0.883. The van der Waals surface area contributed by atoms with Gasteiger partial charge in [0.2, 0.25) is 0 Å². The number of pyridine rings is 1. The average molecular weight is 276 g/mol. The van der Waals surface area contributed by atoms with Crippen LogP contribution >= 0.6 is 0 Å². The van der Waals surface area contributed by atoms with E-state index in [1.54, 1.807) is 0 Å². The lowest BCUT2D eigenvalue weighted by Crippen LogP contribution is -2.29. The molecule has 1 saturated carbocycles. The minimum Gasteiger partial charge on any atom is -0.478 e. The van der Waals surface area contributed by atoms with Crippen LogP contribution < -0.4 is 5.32 Å². The van der Waals surface area contributed by atoms with Crippen molar-refractivity contribution in [2.75, 3.05) is 6.54 Å². The highest BCUT2D eigenvalue weighted by molar-refractivity contribution is 6.03. The third-order valence-corrected chi connectivity index (χ3v) is 5.04. The second-order valence-electron chi connectivity index (χ2n) is 6.41. The zero-order chi connectivity index (χ0) is 15.1. The second kappa shape index (κ2) is 4.58. The number of nitrogens with one attached hydrogen (secondary N) is 1. The first-order valence-corrected chi connectivity index (χ1v) is 6.66. The Balaban J connectivity index is 2.06. The van der Waals surface area contributed by atoms with Gasteiger partial charge in [0.05, 0.1) is 5.56 Å². The van der Waals surface area contributed by atoms with Gasteiger partial charge in [-0.1, -0.05) is 27.7 Å². The van der Waals surface area contributed by atoms with Crippen molar-refractivity contribution in [3.63, 3.8) is 0 Å². The van der Waals surface area contributed by atoms with Crippen LogP contribution in [0.15, 0.2) is 18.3 Å². The predicted octanol–water partition coefficient (Wildman–Crippen LogP) is 2.19. The highest BCUT2D eigenvalue weighted by atomic mass is 16.4.